The van der Waals surface area contributed by atoms with Crippen LogP contribution in [0.15, 0.2) is 30.3 Å². The molecular formula is C21H31N5O3. The fourth-order valence-electron chi connectivity index (χ4n) is 3.79. The van der Waals surface area contributed by atoms with E-state index in [0.29, 0.717) is 25.9 Å². The van der Waals surface area contributed by atoms with Crippen LogP contribution in [-0.2, 0) is 14.4 Å². The number of rotatable bonds is 3. The molecule has 2 aliphatic rings. The first-order valence-corrected chi connectivity index (χ1v) is 10.2. The molecule has 0 spiro atoms. The van der Waals surface area contributed by atoms with E-state index in [9.17, 15) is 14.4 Å². The van der Waals surface area contributed by atoms with Crippen LogP contribution < -0.4 is 21.7 Å². The van der Waals surface area contributed by atoms with Gasteiger partial charge in [-0.05, 0) is 24.8 Å². The summed E-state index contributed by atoms with van der Waals surface area (Å²) in [5, 5.41) is 0. The quantitative estimate of drug-likeness (QED) is 0.567. The van der Waals surface area contributed by atoms with Gasteiger partial charge in [-0.15, -0.1) is 0 Å². The van der Waals surface area contributed by atoms with Gasteiger partial charge in [0.25, 0.3) is 5.91 Å². The van der Waals surface area contributed by atoms with Crippen molar-refractivity contribution < 1.29 is 14.4 Å². The Labute approximate surface area is 171 Å². The largest absolute Gasteiger partial charge is 0.341 e. The maximum absolute atomic E-state index is 12.5. The molecule has 8 heteroatoms. The van der Waals surface area contributed by atoms with Gasteiger partial charge in [-0.1, -0.05) is 51.1 Å². The van der Waals surface area contributed by atoms with Crippen molar-refractivity contribution in [3.05, 3.63) is 35.9 Å². The number of carbonyl (C=O) groups excluding carboxylic acids is 3. The lowest BCUT2D eigenvalue weighted by molar-refractivity contribution is -0.143. The maximum atomic E-state index is 12.5. The van der Waals surface area contributed by atoms with Crippen molar-refractivity contribution in [1.82, 2.24) is 26.6 Å². The highest BCUT2D eigenvalue weighted by Gasteiger charge is 2.34. The van der Waals surface area contributed by atoms with Gasteiger partial charge in [0.1, 0.15) is 6.04 Å². The first-order chi connectivity index (χ1) is 13.8. The molecule has 0 aliphatic carbocycles. The number of hydrogen-bond acceptors (Lipinski definition) is 5. The molecule has 158 valence electrons. The Morgan fingerprint density at radius 2 is 1.72 bits per heavy atom. The zero-order valence-corrected chi connectivity index (χ0v) is 17.3. The van der Waals surface area contributed by atoms with Crippen molar-refractivity contribution >= 4 is 17.7 Å². The predicted molar refractivity (Wildman–Crippen MR) is 109 cm³/mol. The molecule has 2 fully saturated rings. The third-order valence-electron chi connectivity index (χ3n) is 5.45. The van der Waals surface area contributed by atoms with E-state index in [4.69, 9.17) is 0 Å². The Kier molecular flexibility index (Phi) is 6.54. The van der Waals surface area contributed by atoms with Crippen molar-refractivity contribution in [2.45, 2.75) is 52.1 Å². The highest BCUT2D eigenvalue weighted by atomic mass is 16.2. The van der Waals surface area contributed by atoms with Gasteiger partial charge < -0.3 is 4.90 Å². The topological polar surface area (TPSA) is 103 Å². The van der Waals surface area contributed by atoms with Crippen LogP contribution in [0, 0.1) is 11.3 Å². The zero-order valence-electron chi connectivity index (χ0n) is 17.3. The van der Waals surface area contributed by atoms with Crippen LogP contribution in [0.1, 0.15) is 51.6 Å². The fraction of sp³-hybridized carbons (Fsp3) is 0.571. The molecule has 0 saturated carbocycles. The summed E-state index contributed by atoms with van der Waals surface area (Å²) >= 11 is 0. The molecule has 2 heterocycles. The minimum Gasteiger partial charge on any atom is -0.341 e. The van der Waals surface area contributed by atoms with Gasteiger partial charge in [0.05, 0.1) is 5.92 Å². The third kappa shape index (κ3) is 5.33. The summed E-state index contributed by atoms with van der Waals surface area (Å²) < 4.78 is 0. The van der Waals surface area contributed by atoms with E-state index in [0.717, 1.165) is 12.0 Å². The summed E-state index contributed by atoms with van der Waals surface area (Å²) in [4.78, 5) is 39.2. The molecule has 2 saturated heterocycles. The minimum atomic E-state index is -0.469. The zero-order chi connectivity index (χ0) is 21.0. The number of hydrazine groups is 2. The minimum absolute atomic E-state index is 0.0398. The second-order valence-corrected chi connectivity index (χ2v) is 8.86. The van der Waals surface area contributed by atoms with Gasteiger partial charge in [-0.3, -0.25) is 25.2 Å². The molecule has 0 radical (unpaired) electrons. The summed E-state index contributed by atoms with van der Waals surface area (Å²) in [6, 6.07) is 9.49. The van der Waals surface area contributed by atoms with Crippen LogP contribution in [0.5, 0.6) is 0 Å². The first kappa shape index (κ1) is 21.3. The smallest absolute Gasteiger partial charge is 0.256 e. The molecule has 3 rings (SSSR count). The van der Waals surface area contributed by atoms with Gasteiger partial charge in [0.15, 0.2) is 0 Å². The number of nitrogens with zero attached hydrogens (tertiary/aromatic N) is 1. The summed E-state index contributed by atoms with van der Waals surface area (Å²) in [6.45, 7) is 6.70. The van der Waals surface area contributed by atoms with Crippen LogP contribution in [0.4, 0.5) is 0 Å². The Hall–Kier alpha value is -2.45. The van der Waals surface area contributed by atoms with E-state index >= 15 is 0 Å². The van der Waals surface area contributed by atoms with E-state index < -0.39 is 11.5 Å². The summed E-state index contributed by atoms with van der Waals surface area (Å²) in [6.07, 6.45) is 2.07. The predicted octanol–water partition coefficient (Wildman–Crippen LogP) is 1.03. The standard InChI is InChI=1S/C21H31N5O3/c1-21(2,3)20(29)26-11-7-10-15(13-26)18(27)24-25-19(28)17-12-16(22-23-17)14-8-5-4-6-9-14/h4-6,8-9,15-17,22-23H,7,10-13H2,1-3H3,(H,24,27)(H,25,28). The molecule has 4 N–H and O–H groups in total. The first-order valence-electron chi connectivity index (χ1n) is 10.2. The molecule has 8 nitrogen and oxygen atoms in total. The van der Waals surface area contributed by atoms with Crippen molar-refractivity contribution in [3.63, 3.8) is 0 Å². The highest BCUT2D eigenvalue weighted by Crippen LogP contribution is 2.24. The molecule has 3 atom stereocenters. The molecule has 29 heavy (non-hydrogen) atoms. The molecular weight excluding hydrogens is 370 g/mol. The number of carbonyl (C=O) groups is 3. The Morgan fingerprint density at radius 1 is 1.03 bits per heavy atom. The molecule has 1 aromatic carbocycles. The summed E-state index contributed by atoms with van der Waals surface area (Å²) in [7, 11) is 0. The number of benzene rings is 1. The Balaban J connectivity index is 1.46. The second-order valence-electron chi connectivity index (χ2n) is 8.86. The van der Waals surface area contributed by atoms with Gasteiger partial charge in [0, 0.05) is 24.5 Å². The third-order valence-corrected chi connectivity index (χ3v) is 5.45. The fourth-order valence-corrected chi connectivity index (χ4v) is 3.79. The Morgan fingerprint density at radius 3 is 2.41 bits per heavy atom. The van der Waals surface area contributed by atoms with E-state index in [-0.39, 0.29) is 29.7 Å². The van der Waals surface area contributed by atoms with E-state index in [2.05, 4.69) is 21.7 Å². The van der Waals surface area contributed by atoms with E-state index in [1.54, 1.807) is 4.90 Å². The SMILES string of the molecule is CC(C)(C)C(=O)N1CCCC(C(=O)NNC(=O)C2CC(c3ccccc3)NN2)C1. The normalized spacial score (nSPS) is 24.8. The Bertz CT molecular complexity index is 746. The summed E-state index contributed by atoms with van der Waals surface area (Å²) in [5.74, 6) is -0.813. The van der Waals surface area contributed by atoms with Gasteiger partial charge in [-0.2, -0.15) is 0 Å². The van der Waals surface area contributed by atoms with Crippen molar-refractivity contribution in [2.24, 2.45) is 11.3 Å². The molecule has 0 bridgehead atoms. The molecule has 1 aromatic rings. The van der Waals surface area contributed by atoms with E-state index in [1.165, 1.54) is 0 Å². The van der Waals surface area contributed by atoms with Gasteiger partial charge in [-0.25, -0.2) is 10.9 Å². The van der Waals surface area contributed by atoms with Gasteiger partial charge in [0.2, 0.25) is 11.8 Å². The number of amides is 3. The second kappa shape index (κ2) is 8.92. The lowest BCUT2D eigenvalue weighted by Gasteiger charge is -2.35. The highest BCUT2D eigenvalue weighted by molar-refractivity contribution is 5.87. The molecule has 3 amide bonds. The van der Waals surface area contributed by atoms with Crippen LogP contribution >= 0.6 is 0 Å². The lowest BCUT2D eigenvalue weighted by atomic mass is 9.91. The monoisotopic (exact) mass is 401 g/mol. The van der Waals surface area contributed by atoms with Crippen LogP contribution in [0.2, 0.25) is 0 Å². The average molecular weight is 402 g/mol. The number of nitrogens with one attached hydrogen (secondary N) is 4. The van der Waals surface area contributed by atoms with Crippen molar-refractivity contribution in [3.8, 4) is 0 Å². The number of hydrogen-bond donors (Lipinski definition) is 4. The van der Waals surface area contributed by atoms with Gasteiger partial charge >= 0.3 is 0 Å². The lowest BCUT2D eigenvalue weighted by Crippen LogP contribution is -2.54. The number of piperidine rings is 1. The molecule has 2 aliphatic heterocycles. The average Bonchev–Trinajstić information content (AvgIpc) is 3.21. The van der Waals surface area contributed by atoms with Crippen molar-refractivity contribution in [1.29, 1.82) is 0 Å². The molecule has 3 unspecified atom stereocenters. The molecule has 0 aromatic heterocycles. The summed E-state index contributed by atoms with van der Waals surface area (Å²) in [5.41, 5.74) is 11.8. The van der Waals surface area contributed by atoms with Crippen LogP contribution in [-0.4, -0.2) is 41.8 Å². The maximum Gasteiger partial charge on any atom is 0.256 e. The van der Waals surface area contributed by atoms with Crippen LogP contribution in [0.25, 0.3) is 0 Å². The number of likely N-dealkylation sites (tertiary alicyclic amines) is 1. The van der Waals surface area contributed by atoms with Crippen LogP contribution in [0.3, 0.4) is 0 Å². The van der Waals surface area contributed by atoms with E-state index in [1.807, 2.05) is 51.1 Å². The van der Waals surface area contributed by atoms with Crippen molar-refractivity contribution in [2.75, 3.05) is 13.1 Å².